The third-order valence-corrected chi connectivity index (χ3v) is 5.08. The summed E-state index contributed by atoms with van der Waals surface area (Å²) in [5.74, 6) is 1.87. The number of allylic oxidation sites excluding steroid dienone is 1. The van der Waals surface area contributed by atoms with E-state index < -0.39 is 0 Å². The van der Waals surface area contributed by atoms with Gasteiger partial charge in [0.15, 0.2) is 0 Å². The fraction of sp³-hybridized carbons (Fsp3) is 0.0385. The maximum atomic E-state index is 6.34. The normalized spacial score (nSPS) is 12.5. The third-order valence-electron chi connectivity index (χ3n) is 5.08. The molecule has 0 bridgehead atoms. The lowest BCUT2D eigenvalue weighted by atomic mass is 9.96. The lowest BCUT2D eigenvalue weighted by molar-refractivity contribution is 0.552. The van der Waals surface area contributed by atoms with Crippen molar-refractivity contribution in [2.75, 3.05) is 0 Å². The summed E-state index contributed by atoms with van der Waals surface area (Å²) in [6.45, 7) is 0. The number of fused-ring (bicyclic) bond motifs is 1. The smallest absolute Gasteiger partial charge is 0.207 e. The first kappa shape index (κ1) is 15.8. The van der Waals surface area contributed by atoms with Crippen LogP contribution in [0.4, 0.5) is 0 Å². The number of benzene rings is 3. The predicted molar refractivity (Wildman–Crippen MR) is 112 cm³/mol. The second-order valence-electron chi connectivity index (χ2n) is 6.81. The molecule has 0 aliphatic heterocycles. The minimum Gasteiger partial charge on any atom is -0.207 e. The van der Waals surface area contributed by atoms with Crippen LogP contribution in [0.1, 0.15) is 16.9 Å². The Balaban J connectivity index is 1.68. The molecule has 0 unspecified atom stereocenters. The second-order valence-corrected chi connectivity index (χ2v) is 6.81. The van der Waals surface area contributed by atoms with Crippen LogP contribution in [0.15, 0.2) is 101 Å². The molecule has 1 heterocycles. The number of hydrogen-bond donors (Lipinski definition) is 0. The molecule has 0 saturated heterocycles. The van der Waals surface area contributed by atoms with Crippen LogP contribution in [0.2, 0.25) is 0 Å². The number of hydrogen-bond acceptors (Lipinski definition) is 0. The molecule has 1 aromatic heterocycles. The molecule has 0 amide bonds. The van der Waals surface area contributed by atoms with Crippen molar-refractivity contribution >= 4 is 11.6 Å². The zero-order chi connectivity index (χ0) is 18.1. The molecule has 128 valence electrons. The lowest BCUT2D eigenvalue weighted by Gasteiger charge is -2.06. The van der Waals surface area contributed by atoms with Crippen LogP contribution in [-0.4, -0.2) is 0 Å². The minimum atomic E-state index is 0.891. The average Bonchev–Trinajstić information content (AvgIpc) is 3.19. The molecule has 0 fully saturated rings. The van der Waals surface area contributed by atoms with Gasteiger partial charge >= 0.3 is 11.5 Å². The van der Waals surface area contributed by atoms with E-state index in [2.05, 4.69) is 84.9 Å². The Hall–Kier alpha value is -3.45. The molecule has 3 aromatic carbocycles. The van der Waals surface area contributed by atoms with Crippen LogP contribution < -0.4 is 0 Å². The third kappa shape index (κ3) is 2.98. The molecule has 0 atom stereocenters. The van der Waals surface area contributed by atoms with Crippen LogP contribution in [0.25, 0.3) is 34.1 Å². The van der Waals surface area contributed by atoms with Crippen molar-refractivity contribution in [3.63, 3.8) is 0 Å². The Morgan fingerprint density at radius 3 is 1.78 bits per heavy atom. The van der Waals surface area contributed by atoms with Gasteiger partial charge in [-0.05, 0) is 28.8 Å². The monoisotopic (exact) mass is 347 g/mol. The first-order valence-electron chi connectivity index (χ1n) is 9.25. The molecule has 1 nitrogen and oxygen atoms in total. The summed E-state index contributed by atoms with van der Waals surface area (Å²) < 4.78 is 6.34. The maximum Gasteiger partial charge on any atom is 0.361 e. The van der Waals surface area contributed by atoms with E-state index in [-0.39, 0.29) is 0 Å². The summed E-state index contributed by atoms with van der Waals surface area (Å²) in [7, 11) is 0. The van der Waals surface area contributed by atoms with Crippen molar-refractivity contribution in [3.8, 4) is 22.5 Å². The highest BCUT2D eigenvalue weighted by atomic mass is 16.3. The summed E-state index contributed by atoms with van der Waals surface area (Å²) in [5, 5.41) is 0. The molecule has 1 aliphatic carbocycles. The van der Waals surface area contributed by atoms with E-state index in [4.69, 9.17) is 4.42 Å². The van der Waals surface area contributed by atoms with Gasteiger partial charge in [0.25, 0.3) is 0 Å². The van der Waals surface area contributed by atoms with E-state index in [1.54, 1.807) is 0 Å². The van der Waals surface area contributed by atoms with E-state index in [0.717, 1.165) is 23.5 Å². The molecule has 1 aliphatic rings. The van der Waals surface area contributed by atoms with Crippen molar-refractivity contribution in [3.05, 3.63) is 114 Å². The van der Waals surface area contributed by atoms with Crippen molar-refractivity contribution in [1.29, 1.82) is 0 Å². The Bertz CT molecular complexity index is 1110. The summed E-state index contributed by atoms with van der Waals surface area (Å²) in [6, 6.07) is 33.6. The van der Waals surface area contributed by atoms with Crippen molar-refractivity contribution in [2.24, 2.45) is 0 Å². The Morgan fingerprint density at radius 1 is 0.593 bits per heavy atom. The molecule has 0 spiro atoms. The van der Waals surface area contributed by atoms with Crippen LogP contribution >= 0.6 is 0 Å². The molecule has 0 N–H and O–H groups in total. The van der Waals surface area contributed by atoms with Gasteiger partial charge in [0, 0.05) is 18.1 Å². The molecule has 1 heteroatoms. The lowest BCUT2D eigenvalue weighted by Crippen LogP contribution is -1.92. The average molecular weight is 347 g/mol. The first-order valence-corrected chi connectivity index (χ1v) is 9.25. The van der Waals surface area contributed by atoms with Gasteiger partial charge in [0.2, 0.25) is 0 Å². The summed E-state index contributed by atoms with van der Waals surface area (Å²) >= 11 is 0. The summed E-state index contributed by atoms with van der Waals surface area (Å²) in [6.07, 6.45) is 3.09. The highest BCUT2D eigenvalue weighted by Gasteiger charge is 2.30. The molecular formula is C26H19O+. The molecule has 5 rings (SSSR count). The zero-order valence-corrected chi connectivity index (χ0v) is 14.9. The topological polar surface area (TPSA) is 11.3 Å². The fourth-order valence-corrected chi connectivity index (χ4v) is 3.72. The predicted octanol–water partition coefficient (Wildman–Crippen LogP) is 6.99. The van der Waals surface area contributed by atoms with E-state index in [9.17, 15) is 0 Å². The van der Waals surface area contributed by atoms with Gasteiger partial charge in [0.05, 0.1) is 17.2 Å². The Morgan fingerprint density at radius 2 is 1.15 bits per heavy atom. The van der Waals surface area contributed by atoms with Gasteiger partial charge in [-0.2, -0.15) is 0 Å². The van der Waals surface area contributed by atoms with E-state index >= 15 is 0 Å². The largest absolute Gasteiger partial charge is 0.361 e. The molecule has 4 aromatic rings. The SMILES string of the molecule is C1=C(c2ccccc2)Cc2c(-c3ccccc3)cc(-c3ccccc3)[o+]c21. The van der Waals surface area contributed by atoms with Crippen molar-refractivity contribution in [2.45, 2.75) is 6.42 Å². The van der Waals surface area contributed by atoms with Gasteiger partial charge in [-0.3, -0.25) is 0 Å². The zero-order valence-electron chi connectivity index (χ0n) is 14.9. The van der Waals surface area contributed by atoms with Gasteiger partial charge < -0.3 is 0 Å². The van der Waals surface area contributed by atoms with Crippen molar-refractivity contribution < 1.29 is 4.42 Å². The van der Waals surface area contributed by atoms with Crippen molar-refractivity contribution in [1.82, 2.24) is 0 Å². The van der Waals surface area contributed by atoms with Crippen LogP contribution in [0.3, 0.4) is 0 Å². The second kappa shape index (κ2) is 6.69. The van der Waals surface area contributed by atoms with E-state index in [1.165, 1.54) is 27.8 Å². The molecule has 27 heavy (non-hydrogen) atoms. The molecule has 0 saturated carbocycles. The van der Waals surface area contributed by atoms with Gasteiger partial charge in [0.1, 0.15) is 0 Å². The highest BCUT2D eigenvalue weighted by molar-refractivity contribution is 5.91. The van der Waals surface area contributed by atoms with E-state index in [0.29, 0.717) is 0 Å². The van der Waals surface area contributed by atoms with Gasteiger partial charge in [-0.15, -0.1) is 0 Å². The van der Waals surface area contributed by atoms with Crippen LogP contribution in [0.5, 0.6) is 0 Å². The Labute approximate surface area is 159 Å². The summed E-state index contributed by atoms with van der Waals surface area (Å²) in [4.78, 5) is 0. The van der Waals surface area contributed by atoms with Crippen LogP contribution in [0, 0.1) is 0 Å². The molecule has 0 radical (unpaired) electrons. The van der Waals surface area contributed by atoms with Gasteiger partial charge in [-0.1, -0.05) is 78.9 Å². The fourth-order valence-electron chi connectivity index (χ4n) is 3.72. The number of rotatable bonds is 3. The summed E-state index contributed by atoms with van der Waals surface area (Å²) in [5.41, 5.74) is 7.39. The minimum absolute atomic E-state index is 0.891. The van der Waals surface area contributed by atoms with Gasteiger partial charge in [-0.25, -0.2) is 4.42 Å². The maximum absolute atomic E-state index is 6.34. The molecular weight excluding hydrogens is 328 g/mol. The van der Waals surface area contributed by atoms with E-state index in [1.807, 2.05) is 18.2 Å². The Kier molecular flexibility index (Phi) is 3.91. The highest BCUT2D eigenvalue weighted by Crippen LogP contribution is 2.40. The quantitative estimate of drug-likeness (QED) is 0.363. The first-order chi connectivity index (χ1) is 13.4. The standard InChI is InChI=1S/C26H19O/c1-4-10-19(11-5-1)22-16-24-23(20-12-6-2-7-13-20)18-25(27-26(24)17-22)21-14-8-3-9-15-21/h1-15,17-18H,16H2/q+1. The van der Waals surface area contributed by atoms with Crippen LogP contribution in [-0.2, 0) is 6.42 Å².